The van der Waals surface area contributed by atoms with Crippen molar-refractivity contribution in [2.24, 2.45) is 5.73 Å². The molecule has 2 aromatic rings. The largest absolute Gasteiger partial charge is 0.481 e. The maximum Gasteiger partial charge on any atom is 0.221 e. The number of nitrogens with two attached hydrogens (primary N) is 1. The Balaban J connectivity index is 2.56. The predicted octanol–water partition coefficient (Wildman–Crippen LogP) is 2.61. The summed E-state index contributed by atoms with van der Waals surface area (Å²) in [5, 5.41) is 1.08. The van der Waals surface area contributed by atoms with Gasteiger partial charge in [0.15, 0.2) is 0 Å². The molecule has 1 aromatic heterocycles. The van der Waals surface area contributed by atoms with Gasteiger partial charge in [0.05, 0.1) is 12.6 Å². The van der Waals surface area contributed by atoms with Gasteiger partial charge in [-0.25, -0.2) is 4.98 Å². The monoisotopic (exact) mass is 228 g/mol. The van der Waals surface area contributed by atoms with Gasteiger partial charge in [-0.3, -0.25) is 0 Å². The number of rotatable bonds is 4. The van der Waals surface area contributed by atoms with E-state index in [0.717, 1.165) is 28.5 Å². The van der Waals surface area contributed by atoms with Crippen molar-refractivity contribution in [1.29, 1.82) is 0 Å². The molecular formula is C14H16N2O. The number of fused-ring (bicyclic) bond motifs is 1. The van der Waals surface area contributed by atoms with Crippen molar-refractivity contribution in [1.82, 2.24) is 4.98 Å². The summed E-state index contributed by atoms with van der Waals surface area (Å²) < 4.78 is 5.31. The van der Waals surface area contributed by atoms with Gasteiger partial charge >= 0.3 is 0 Å². The Morgan fingerprint density at radius 3 is 2.88 bits per heavy atom. The van der Waals surface area contributed by atoms with Crippen LogP contribution in [0.4, 0.5) is 0 Å². The zero-order valence-electron chi connectivity index (χ0n) is 9.94. The quantitative estimate of drug-likeness (QED) is 0.875. The maximum atomic E-state index is 5.55. The van der Waals surface area contributed by atoms with E-state index >= 15 is 0 Å². The molecule has 0 unspecified atom stereocenters. The first kappa shape index (κ1) is 11.6. The molecule has 0 aliphatic heterocycles. The first-order valence-electron chi connectivity index (χ1n) is 5.58. The van der Waals surface area contributed by atoms with Crippen LogP contribution < -0.4 is 10.5 Å². The molecule has 0 radical (unpaired) electrons. The van der Waals surface area contributed by atoms with Crippen LogP contribution in [-0.2, 0) is 0 Å². The average Bonchev–Trinajstić information content (AvgIpc) is 2.37. The summed E-state index contributed by atoms with van der Waals surface area (Å²) in [5.41, 5.74) is 8.38. The summed E-state index contributed by atoms with van der Waals surface area (Å²) in [6.45, 7) is 4.61. The summed E-state index contributed by atoms with van der Waals surface area (Å²) in [6.07, 6.45) is 0.746. The lowest BCUT2D eigenvalue weighted by Gasteiger charge is -2.11. The SMILES string of the molecule is C=C(CCN)c1cc2ccccc2nc1OC. The van der Waals surface area contributed by atoms with Gasteiger partial charge in [-0.05, 0) is 30.7 Å². The molecule has 0 aliphatic carbocycles. The number of hydrogen-bond acceptors (Lipinski definition) is 3. The number of para-hydroxylation sites is 1. The van der Waals surface area contributed by atoms with Gasteiger partial charge in [0, 0.05) is 10.9 Å². The lowest BCUT2D eigenvalue weighted by molar-refractivity contribution is 0.398. The fourth-order valence-corrected chi connectivity index (χ4v) is 1.82. The van der Waals surface area contributed by atoms with Crippen molar-refractivity contribution in [2.45, 2.75) is 6.42 Å². The van der Waals surface area contributed by atoms with Crippen LogP contribution >= 0.6 is 0 Å². The van der Waals surface area contributed by atoms with E-state index in [-0.39, 0.29) is 0 Å². The second-order valence-corrected chi connectivity index (χ2v) is 3.88. The van der Waals surface area contributed by atoms with Crippen LogP contribution in [-0.4, -0.2) is 18.6 Å². The van der Waals surface area contributed by atoms with Crippen LogP contribution in [0.2, 0.25) is 0 Å². The molecule has 0 saturated carbocycles. The Labute approximate surface area is 101 Å². The number of methoxy groups -OCH3 is 1. The molecule has 2 N–H and O–H groups in total. The third kappa shape index (κ3) is 2.29. The van der Waals surface area contributed by atoms with Crippen molar-refractivity contribution in [2.75, 3.05) is 13.7 Å². The average molecular weight is 228 g/mol. The van der Waals surface area contributed by atoms with Crippen molar-refractivity contribution in [3.8, 4) is 5.88 Å². The number of benzene rings is 1. The summed E-state index contributed by atoms with van der Waals surface area (Å²) >= 11 is 0. The van der Waals surface area contributed by atoms with Crippen LogP contribution in [0.1, 0.15) is 12.0 Å². The van der Waals surface area contributed by atoms with E-state index < -0.39 is 0 Å². The molecule has 88 valence electrons. The van der Waals surface area contributed by atoms with E-state index in [9.17, 15) is 0 Å². The van der Waals surface area contributed by atoms with Crippen molar-refractivity contribution in [3.05, 3.63) is 42.5 Å². The van der Waals surface area contributed by atoms with E-state index in [0.29, 0.717) is 12.4 Å². The van der Waals surface area contributed by atoms with Crippen LogP contribution in [0.15, 0.2) is 36.9 Å². The highest BCUT2D eigenvalue weighted by atomic mass is 16.5. The summed E-state index contributed by atoms with van der Waals surface area (Å²) in [6, 6.07) is 10.0. The van der Waals surface area contributed by atoms with Crippen LogP contribution in [0.3, 0.4) is 0 Å². The molecule has 0 amide bonds. The maximum absolute atomic E-state index is 5.55. The van der Waals surface area contributed by atoms with Crippen LogP contribution in [0.25, 0.3) is 16.5 Å². The zero-order chi connectivity index (χ0) is 12.3. The van der Waals surface area contributed by atoms with E-state index in [1.54, 1.807) is 7.11 Å². The molecule has 17 heavy (non-hydrogen) atoms. The van der Waals surface area contributed by atoms with Gasteiger partial charge in [-0.15, -0.1) is 0 Å². The minimum Gasteiger partial charge on any atom is -0.481 e. The van der Waals surface area contributed by atoms with Gasteiger partial charge in [0.2, 0.25) is 5.88 Å². The molecule has 0 spiro atoms. The molecular weight excluding hydrogens is 212 g/mol. The van der Waals surface area contributed by atoms with Crippen molar-refractivity contribution < 1.29 is 4.74 Å². The lowest BCUT2D eigenvalue weighted by atomic mass is 10.0. The second-order valence-electron chi connectivity index (χ2n) is 3.88. The van der Waals surface area contributed by atoms with Gasteiger partial charge in [0.25, 0.3) is 0 Å². The predicted molar refractivity (Wildman–Crippen MR) is 71.0 cm³/mol. The highest BCUT2D eigenvalue weighted by Gasteiger charge is 2.09. The first-order chi connectivity index (χ1) is 8.26. The number of nitrogens with zero attached hydrogens (tertiary/aromatic N) is 1. The third-order valence-corrected chi connectivity index (χ3v) is 2.71. The summed E-state index contributed by atoms with van der Waals surface area (Å²) in [7, 11) is 1.62. The Hall–Kier alpha value is -1.87. The highest BCUT2D eigenvalue weighted by Crippen LogP contribution is 2.28. The topological polar surface area (TPSA) is 48.1 Å². The molecule has 1 aromatic carbocycles. The number of pyridine rings is 1. The molecule has 0 bridgehead atoms. The fraction of sp³-hybridized carbons (Fsp3) is 0.214. The molecule has 0 saturated heterocycles. The van der Waals surface area contributed by atoms with Gasteiger partial charge in [-0.2, -0.15) is 0 Å². The van der Waals surface area contributed by atoms with Gasteiger partial charge in [0.1, 0.15) is 0 Å². The molecule has 1 heterocycles. The Bertz CT molecular complexity index is 549. The zero-order valence-corrected chi connectivity index (χ0v) is 9.94. The van der Waals surface area contributed by atoms with Crippen LogP contribution in [0.5, 0.6) is 5.88 Å². The van der Waals surface area contributed by atoms with Crippen molar-refractivity contribution >= 4 is 16.5 Å². The third-order valence-electron chi connectivity index (χ3n) is 2.71. The second kappa shape index (κ2) is 4.97. The molecule has 0 aliphatic rings. The fourth-order valence-electron chi connectivity index (χ4n) is 1.82. The minimum atomic E-state index is 0.578. The Kier molecular flexibility index (Phi) is 3.40. The number of aromatic nitrogens is 1. The summed E-state index contributed by atoms with van der Waals surface area (Å²) in [4.78, 5) is 4.47. The lowest BCUT2D eigenvalue weighted by Crippen LogP contribution is -2.01. The smallest absolute Gasteiger partial charge is 0.221 e. The Morgan fingerprint density at radius 2 is 2.18 bits per heavy atom. The standard InChI is InChI=1S/C14H16N2O/c1-10(7-8-15)12-9-11-5-3-4-6-13(11)16-14(12)17-2/h3-6,9H,1,7-8,15H2,2H3. The molecule has 3 nitrogen and oxygen atoms in total. The van der Waals surface area contributed by atoms with E-state index in [2.05, 4.69) is 17.6 Å². The van der Waals surface area contributed by atoms with E-state index in [4.69, 9.17) is 10.5 Å². The number of ether oxygens (including phenoxy) is 1. The number of hydrogen-bond donors (Lipinski definition) is 1. The minimum absolute atomic E-state index is 0.578. The Morgan fingerprint density at radius 1 is 1.41 bits per heavy atom. The first-order valence-corrected chi connectivity index (χ1v) is 5.58. The van der Waals surface area contributed by atoms with Crippen LogP contribution in [0, 0.1) is 0 Å². The highest BCUT2D eigenvalue weighted by molar-refractivity contribution is 5.84. The molecule has 3 heteroatoms. The van der Waals surface area contributed by atoms with Crippen molar-refractivity contribution in [3.63, 3.8) is 0 Å². The van der Waals surface area contributed by atoms with E-state index in [1.807, 2.05) is 24.3 Å². The van der Waals surface area contributed by atoms with Gasteiger partial charge < -0.3 is 10.5 Å². The van der Waals surface area contributed by atoms with E-state index in [1.165, 1.54) is 0 Å². The molecule has 0 fully saturated rings. The molecule has 0 atom stereocenters. The normalized spacial score (nSPS) is 10.5. The van der Waals surface area contributed by atoms with Gasteiger partial charge in [-0.1, -0.05) is 24.8 Å². The summed E-state index contributed by atoms with van der Waals surface area (Å²) in [5.74, 6) is 0.613. The molecule has 2 rings (SSSR count).